The van der Waals surface area contributed by atoms with Crippen LogP contribution in [0.4, 0.5) is 0 Å². The van der Waals surface area contributed by atoms with Crippen LogP contribution in [0, 0.1) is 11.8 Å². The van der Waals surface area contributed by atoms with E-state index in [2.05, 4.69) is 17.1 Å². The second kappa shape index (κ2) is 7.70. The summed E-state index contributed by atoms with van der Waals surface area (Å²) in [5.74, 6) is 0.191. The summed E-state index contributed by atoms with van der Waals surface area (Å²) in [6, 6.07) is 6.36. The lowest BCUT2D eigenvalue weighted by Crippen LogP contribution is -2.33. The Morgan fingerprint density at radius 1 is 1.28 bits per heavy atom. The van der Waals surface area contributed by atoms with Gasteiger partial charge in [0.1, 0.15) is 16.9 Å². The molecular formula is C22H25NO5S. The topological polar surface area (TPSA) is 88.9 Å². The van der Waals surface area contributed by atoms with Crippen LogP contribution in [0.15, 0.2) is 23.6 Å². The second-order valence-corrected chi connectivity index (χ2v) is 9.23. The van der Waals surface area contributed by atoms with Crippen molar-refractivity contribution < 1.29 is 24.5 Å². The molecule has 1 saturated heterocycles. The summed E-state index contributed by atoms with van der Waals surface area (Å²) >= 11 is 1.33. The zero-order valence-corrected chi connectivity index (χ0v) is 16.9. The average Bonchev–Trinajstić information content (AvgIpc) is 3.43. The average molecular weight is 416 g/mol. The van der Waals surface area contributed by atoms with Gasteiger partial charge in [0.25, 0.3) is 0 Å². The van der Waals surface area contributed by atoms with Gasteiger partial charge in [-0.2, -0.15) is 0 Å². The maximum absolute atomic E-state index is 11.1. The van der Waals surface area contributed by atoms with Crippen molar-refractivity contribution in [3.63, 3.8) is 0 Å². The van der Waals surface area contributed by atoms with Crippen LogP contribution in [0.25, 0.3) is 0 Å². The van der Waals surface area contributed by atoms with Gasteiger partial charge in [-0.25, -0.2) is 9.78 Å². The molecule has 7 heteroatoms. The first-order chi connectivity index (χ1) is 14.1. The molecule has 154 valence electrons. The number of aromatic carboxylic acids is 1. The number of rotatable bonds is 5. The van der Waals surface area contributed by atoms with Crippen LogP contribution in [0.2, 0.25) is 0 Å². The Hall–Kier alpha value is -1.96. The summed E-state index contributed by atoms with van der Waals surface area (Å²) in [7, 11) is 0. The van der Waals surface area contributed by atoms with E-state index in [0.717, 1.165) is 31.4 Å². The van der Waals surface area contributed by atoms with E-state index in [1.807, 2.05) is 6.07 Å². The highest BCUT2D eigenvalue weighted by Gasteiger charge is 2.47. The third-order valence-corrected chi connectivity index (χ3v) is 7.56. The number of fused-ring (bicyclic) bond motifs is 2. The molecule has 0 unspecified atom stereocenters. The van der Waals surface area contributed by atoms with E-state index in [0.29, 0.717) is 18.0 Å². The normalized spacial score (nSPS) is 30.7. The maximum atomic E-state index is 11.1. The minimum absolute atomic E-state index is 0.0328. The molecule has 2 aliphatic carbocycles. The monoisotopic (exact) mass is 415 g/mol. The zero-order valence-electron chi connectivity index (χ0n) is 16.1. The molecule has 2 heterocycles. The summed E-state index contributed by atoms with van der Waals surface area (Å²) in [6.45, 7) is 0.496. The highest BCUT2D eigenvalue weighted by Crippen LogP contribution is 2.46. The van der Waals surface area contributed by atoms with Gasteiger partial charge in [-0.1, -0.05) is 6.07 Å². The van der Waals surface area contributed by atoms with Crippen LogP contribution in [0.5, 0.6) is 5.75 Å². The number of ether oxygens (including phenoxy) is 2. The molecule has 2 fully saturated rings. The summed E-state index contributed by atoms with van der Waals surface area (Å²) in [4.78, 5) is 15.3. The van der Waals surface area contributed by atoms with Gasteiger partial charge in [-0.15, -0.1) is 11.3 Å². The van der Waals surface area contributed by atoms with Gasteiger partial charge in [0.2, 0.25) is 0 Å². The highest BCUT2D eigenvalue weighted by atomic mass is 32.1. The standard InChI is InChI=1S/C22H25NO5S/c24-18-9-20-15(6-7-19(28-20)21-23-17(11-29-21)22(25)26)16(18)10-27-14-5-4-12-2-1-3-13(12)8-14/h4-5,8,11,15-16,18-20,24H,1-3,6-7,9-10H2,(H,25,26)/t15-,16-,18+,19-,20+/m1/s1. The fourth-order valence-corrected chi connectivity index (χ4v) is 5.97. The molecule has 3 aliphatic rings. The number of hydrogen-bond acceptors (Lipinski definition) is 6. The first-order valence-electron chi connectivity index (χ1n) is 10.4. The number of carboxylic acid groups (broad SMARTS) is 1. The zero-order chi connectivity index (χ0) is 20.0. The predicted octanol–water partition coefficient (Wildman–Crippen LogP) is 3.63. The molecule has 5 rings (SSSR count). The number of thiazole rings is 1. The van der Waals surface area contributed by atoms with Gasteiger partial charge in [0.05, 0.1) is 18.8 Å². The number of carbonyl (C=O) groups is 1. The molecule has 2 aromatic rings. The summed E-state index contributed by atoms with van der Waals surface area (Å²) in [5, 5.41) is 22.0. The minimum Gasteiger partial charge on any atom is -0.493 e. The number of aromatic nitrogens is 1. The van der Waals surface area contributed by atoms with E-state index in [-0.39, 0.29) is 29.7 Å². The van der Waals surface area contributed by atoms with E-state index in [4.69, 9.17) is 14.6 Å². The van der Waals surface area contributed by atoms with Gasteiger partial charge >= 0.3 is 5.97 Å². The molecular weight excluding hydrogens is 390 g/mol. The van der Waals surface area contributed by atoms with Crippen molar-refractivity contribution in [1.82, 2.24) is 4.98 Å². The first-order valence-corrected chi connectivity index (χ1v) is 11.2. The number of hydrogen-bond donors (Lipinski definition) is 2. The van der Waals surface area contributed by atoms with Crippen LogP contribution in [-0.2, 0) is 17.6 Å². The third kappa shape index (κ3) is 3.67. The molecule has 0 spiro atoms. The Bertz CT molecular complexity index is 912. The van der Waals surface area contributed by atoms with E-state index in [1.165, 1.54) is 28.9 Å². The second-order valence-electron chi connectivity index (χ2n) is 8.34. The van der Waals surface area contributed by atoms with Gasteiger partial charge < -0.3 is 19.7 Å². The lowest BCUT2D eigenvalue weighted by molar-refractivity contribution is -0.0811. The lowest BCUT2D eigenvalue weighted by atomic mass is 9.87. The molecule has 5 atom stereocenters. The molecule has 0 amide bonds. The van der Waals surface area contributed by atoms with Crippen molar-refractivity contribution in [1.29, 1.82) is 0 Å². The molecule has 1 aromatic carbocycles. The Kier molecular flexibility index (Phi) is 5.05. The quantitative estimate of drug-likeness (QED) is 0.775. The molecule has 29 heavy (non-hydrogen) atoms. The molecule has 2 N–H and O–H groups in total. The summed E-state index contributed by atoms with van der Waals surface area (Å²) in [6.07, 6.45) is 5.15. The number of aryl methyl sites for hydroxylation is 2. The van der Waals surface area contributed by atoms with Gasteiger partial charge in [0, 0.05) is 17.7 Å². The Balaban J connectivity index is 1.22. The lowest BCUT2D eigenvalue weighted by Gasteiger charge is -2.33. The number of carboxylic acids is 1. The summed E-state index contributed by atoms with van der Waals surface area (Å²) in [5.41, 5.74) is 2.89. The van der Waals surface area contributed by atoms with Gasteiger partial charge in [-0.05, 0) is 61.3 Å². The Labute approximate surface area is 173 Å². The molecule has 0 radical (unpaired) electrons. The third-order valence-electron chi connectivity index (χ3n) is 6.63. The van der Waals surface area contributed by atoms with E-state index in [9.17, 15) is 9.90 Å². The highest BCUT2D eigenvalue weighted by molar-refractivity contribution is 7.09. The maximum Gasteiger partial charge on any atom is 0.355 e. The van der Waals surface area contributed by atoms with Crippen molar-refractivity contribution >= 4 is 17.3 Å². The number of aliphatic hydroxyl groups is 1. The van der Waals surface area contributed by atoms with Crippen LogP contribution in [0.1, 0.15) is 58.4 Å². The summed E-state index contributed by atoms with van der Waals surface area (Å²) < 4.78 is 12.3. The van der Waals surface area contributed by atoms with Crippen molar-refractivity contribution in [3.05, 3.63) is 45.4 Å². The predicted molar refractivity (Wildman–Crippen MR) is 107 cm³/mol. The van der Waals surface area contributed by atoms with Crippen molar-refractivity contribution in [2.45, 2.75) is 56.8 Å². The fraction of sp³-hybridized carbons (Fsp3) is 0.545. The number of aliphatic hydroxyl groups excluding tert-OH is 1. The van der Waals surface area contributed by atoms with Crippen LogP contribution < -0.4 is 4.74 Å². The SMILES string of the molecule is O=C(O)c1csc([C@H]2CC[C@@H]3[C@@H](COc4ccc5c(c4)CCC5)[C@@H](O)C[C@@H]3O2)n1. The Morgan fingerprint density at radius 2 is 2.14 bits per heavy atom. The van der Waals surface area contributed by atoms with Crippen molar-refractivity contribution in [2.24, 2.45) is 11.8 Å². The van der Waals surface area contributed by atoms with Crippen LogP contribution in [-0.4, -0.2) is 40.0 Å². The molecule has 1 saturated carbocycles. The van der Waals surface area contributed by atoms with Crippen molar-refractivity contribution in [2.75, 3.05) is 6.61 Å². The minimum atomic E-state index is -1.01. The van der Waals surface area contributed by atoms with Crippen LogP contribution >= 0.6 is 11.3 Å². The van der Waals surface area contributed by atoms with E-state index < -0.39 is 12.1 Å². The first kappa shape index (κ1) is 19.0. The molecule has 0 bridgehead atoms. The molecule has 6 nitrogen and oxygen atoms in total. The smallest absolute Gasteiger partial charge is 0.355 e. The Morgan fingerprint density at radius 3 is 2.97 bits per heavy atom. The fourth-order valence-electron chi connectivity index (χ4n) is 5.11. The number of benzene rings is 1. The van der Waals surface area contributed by atoms with E-state index >= 15 is 0 Å². The molecule has 1 aliphatic heterocycles. The van der Waals surface area contributed by atoms with Crippen molar-refractivity contribution in [3.8, 4) is 5.75 Å². The van der Waals surface area contributed by atoms with Gasteiger partial charge in [0.15, 0.2) is 5.69 Å². The number of nitrogens with zero attached hydrogens (tertiary/aromatic N) is 1. The largest absolute Gasteiger partial charge is 0.493 e. The van der Waals surface area contributed by atoms with Crippen LogP contribution in [0.3, 0.4) is 0 Å². The van der Waals surface area contributed by atoms with Gasteiger partial charge in [-0.3, -0.25) is 0 Å². The van der Waals surface area contributed by atoms with E-state index in [1.54, 1.807) is 5.38 Å². The molecule has 1 aromatic heterocycles.